The van der Waals surface area contributed by atoms with E-state index in [0.29, 0.717) is 0 Å². The molecule has 0 radical (unpaired) electrons. The van der Waals surface area contributed by atoms with Gasteiger partial charge in [0.15, 0.2) is 6.10 Å². The number of carbonyl (C=O) groups excluding carboxylic acids is 1. The summed E-state index contributed by atoms with van der Waals surface area (Å²) in [5.74, 6) is -0.497. The number of hydrogen-bond donors (Lipinski definition) is 1. The van der Waals surface area contributed by atoms with Gasteiger partial charge in [-0.15, -0.1) is 0 Å². The minimum absolute atomic E-state index is 0.0476. The quantitative estimate of drug-likeness (QED) is 0.591. The Hall–Kier alpha value is -2.03. The fourth-order valence-corrected chi connectivity index (χ4v) is 1.56. The van der Waals surface area contributed by atoms with Gasteiger partial charge in [0.1, 0.15) is 5.76 Å². The molecule has 0 spiro atoms. The molecule has 0 bridgehead atoms. The zero-order valence-electron chi connectivity index (χ0n) is 8.01. The van der Waals surface area contributed by atoms with Gasteiger partial charge in [0, 0.05) is 11.6 Å². The molecule has 0 heterocycles. The van der Waals surface area contributed by atoms with Crippen molar-refractivity contribution in [3.8, 4) is 0 Å². The van der Waals surface area contributed by atoms with Gasteiger partial charge in [0.05, 0.1) is 0 Å². The molecule has 1 N–H and O–H groups in total. The van der Waals surface area contributed by atoms with Gasteiger partial charge in [-0.05, 0) is 11.6 Å². The second-order valence-electron chi connectivity index (χ2n) is 3.22. The highest BCUT2D eigenvalue weighted by molar-refractivity contribution is 5.82. The molecule has 76 valence electrons. The van der Waals surface area contributed by atoms with Crippen molar-refractivity contribution in [1.82, 2.24) is 0 Å². The number of hydrogen-bond acceptors (Lipinski definition) is 3. The van der Waals surface area contributed by atoms with E-state index >= 15 is 0 Å². The van der Waals surface area contributed by atoms with Crippen LogP contribution in [0.15, 0.2) is 42.7 Å². The van der Waals surface area contributed by atoms with E-state index in [2.05, 4.69) is 6.58 Å². The molecule has 1 aliphatic carbocycles. The second kappa shape index (κ2) is 3.61. The summed E-state index contributed by atoms with van der Waals surface area (Å²) in [6.07, 6.45) is 1.98. The van der Waals surface area contributed by atoms with E-state index in [9.17, 15) is 9.90 Å². The first-order chi connectivity index (χ1) is 7.22. The first-order valence-electron chi connectivity index (χ1n) is 4.55. The number of benzene rings is 1. The lowest BCUT2D eigenvalue weighted by Crippen LogP contribution is -2.09. The smallest absolute Gasteiger partial charge is 0.331 e. The van der Waals surface area contributed by atoms with E-state index in [4.69, 9.17) is 4.74 Å². The predicted molar refractivity (Wildman–Crippen MR) is 56.1 cm³/mol. The van der Waals surface area contributed by atoms with E-state index in [1.807, 2.05) is 24.3 Å². The lowest BCUT2D eigenvalue weighted by Gasteiger charge is -2.12. The van der Waals surface area contributed by atoms with Crippen LogP contribution in [-0.2, 0) is 9.53 Å². The Labute approximate surface area is 87.3 Å². The molecule has 1 aromatic rings. The molecule has 0 fully saturated rings. The number of carbonyl (C=O) groups is 1. The van der Waals surface area contributed by atoms with Crippen LogP contribution in [0.4, 0.5) is 0 Å². The van der Waals surface area contributed by atoms with Gasteiger partial charge in [0.2, 0.25) is 0 Å². The molecule has 1 unspecified atom stereocenters. The molecule has 1 aromatic carbocycles. The van der Waals surface area contributed by atoms with Crippen molar-refractivity contribution in [1.29, 1.82) is 0 Å². The molecule has 0 aliphatic heterocycles. The van der Waals surface area contributed by atoms with E-state index in [0.717, 1.165) is 17.2 Å². The first-order valence-corrected chi connectivity index (χ1v) is 4.55. The summed E-state index contributed by atoms with van der Waals surface area (Å²) in [6, 6.07) is 7.36. The Morgan fingerprint density at radius 1 is 1.47 bits per heavy atom. The summed E-state index contributed by atoms with van der Waals surface area (Å²) in [4.78, 5) is 11.0. The molecule has 0 saturated carbocycles. The van der Waals surface area contributed by atoms with Gasteiger partial charge in [0.25, 0.3) is 0 Å². The Balaban J connectivity index is 2.31. The molecule has 2 rings (SSSR count). The summed E-state index contributed by atoms with van der Waals surface area (Å²) in [6.45, 7) is 3.31. The standard InChI is InChI=1S/C12H10O3/c1-2-11(14)15-12-9-6-4-3-5-8(9)7-10(12)13/h2-7,12-13H,1H2. The highest BCUT2D eigenvalue weighted by Crippen LogP contribution is 2.35. The first kappa shape index (κ1) is 9.52. The molecule has 0 amide bonds. The van der Waals surface area contributed by atoms with Crippen molar-refractivity contribution in [2.45, 2.75) is 6.10 Å². The molecule has 15 heavy (non-hydrogen) atoms. The Morgan fingerprint density at radius 2 is 2.20 bits per heavy atom. The summed E-state index contributed by atoms with van der Waals surface area (Å²) >= 11 is 0. The molecule has 1 atom stereocenters. The lowest BCUT2D eigenvalue weighted by atomic mass is 10.1. The van der Waals surface area contributed by atoms with Crippen molar-refractivity contribution in [3.05, 3.63) is 53.8 Å². The van der Waals surface area contributed by atoms with E-state index in [1.54, 1.807) is 6.08 Å². The number of aliphatic hydroxyl groups excluding tert-OH is 1. The lowest BCUT2D eigenvalue weighted by molar-refractivity contribution is -0.142. The Kier molecular flexibility index (Phi) is 2.29. The minimum Gasteiger partial charge on any atom is -0.508 e. The normalized spacial score (nSPS) is 17.9. The van der Waals surface area contributed by atoms with Gasteiger partial charge < -0.3 is 9.84 Å². The number of ether oxygens (including phenoxy) is 1. The number of aliphatic hydroxyl groups is 1. The fourth-order valence-electron chi connectivity index (χ4n) is 1.56. The van der Waals surface area contributed by atoms with E-state index in [1.165, 1.54) is 0 Å². The summed E-state index contributed by atoms with van der Waals surface area (Å²) in [5, 5.41) is 9.60. The second-order valence-corrected chi connectivity index (χ2v) is 3.22. The largest absolute Gasteiger partial charge is 0.508 e. The monoisotopic (exact) mass is 202 g/mol. The van der Waals surface area contributed by atoms with Gasteiger partial charge >= 0.3 is 5.97 Å². The maximum Gasteiger partial charge on any atom is 0.331 e. The van der Waals surface area contributed by atoms with Crippen LogP contribution in [0.1, 0.15) is 17.2 Å². The highest BCUT2D eigenvalue weighted by Gasteiger charge is 2.27. The average Bonchev–Trinajstić information content (AvgIpc) is 2.55. The molecule has 0 saturated heterocycles. The van der Waals surface area contributed by atoms with Gasteiger partial charge in [-0.3, -0.25) is 0 Å². The third-order valence-electron chi connectivity index (χ3n) is 2.25. The van der Waals surface area contributed by atoms with Crippen LogP contribution in [0.25, 0.3) is 6.08 Å². The van der Waals surface area contributed by atoms with Crippen molar-refractivity contribution >= 4 is 12.0 Å². The maximum absolute atomic E-state index is 11.0. The predicted octanol–water partition coefficient (Wildman–Crippen LogP) is 2.37. The SMILES string of the molecule is C=CC(=O)OC1C(O)=Cc2ccccc21. The van der Waals surface area contributed by atoms with Crippen LogP contribution in [0.5, 0.6) is 0 Å². The topological polar surface area (TPSA) is 46.5 Å². The number of fused-ring (bicyclic) bond motifs is 1. The van der Waals surface area contributed by atoms with Crippen molar-refractivity contribution in [2.24, 2.45) is 0 Å². The van der Waals surface area contributed by atoms with Crippen molar-refractivity contribution in [3.63, 3.8) is 0 Å². The fraction of sp³-hybridized carbons (Fsp3) is 0.0833. The Morgan fingerprint density at radius 3 is 2.93 bits per heavy atom. The van der Waals surface area contributed by atoms with Crippen LogP contribution in [0, 0.1) is 0 Å². The van der Waals surface area contributed by atoms with Gasteiger partial charge in [-0.1, -0.05) is 30.8 Å². The molecular formula is C12H10O3. The minimum atomic E-state index is -0.688. The molecular weight excluding hydrogens is 192 g/mol. The van der Waals surface area contributed by atoms with Crippen molar-refractivity contribution in [2.75, 3.05) is 0 Å². The van der Waals surface area contributed by atoms with Crippen LogP contribution in [-0.4, -0.2) is 11.1 Å². The van der Waals surface area contributed by atoms with Gasteiger partial charge in [-0.25, -0.2) is 4.79 Å². The molecule has 3 heteroatoms. The third-order valence-corrected chi connectivity index (χ3v) is 2.25. The van der Waals surface area contributed by atoms with Crippen LogP contribution < -0.4 is 0 Å². The van der Waals surface area contributed by atoms with E-state index in [-0.39, 0.29) is 5.76 Å². The highest BCUT2D eigenvalue weighted by atomic mass is 16.6. The van der Waals surface area contributed by atoms with Crippen LogP contribution in [0.3, 0.4) is 0 Å². The molecule has 3 nitrogen and oxygen atoms in total. The van der Waals surface area contributed by atoms with E-state index < -0.39 is 12.1 Å². The van der Waals surface area contributed by atoms with Crippen molar-refractivity contribution < 1.29 is 14.6 Å². The average molecular weight is 202 g/mol. The zero-order chi connectivity index (χ0) is 10.8. The number of rotatable bonds is 2. The third kappa shape index (κ3) is 1.64. The van der Waals surface area contributed by atoms with Gasteiger partial charge in [-0.2, -0.15) is 0 Å². The maximum atomic E-state index is 11.0. The number of esters is 1. The summed E-state index contributed by atoms with van der Waals surface area (Å²) in [5.41, 5.74) is 1.67. The summed E-state index contributed by atoms with van der Waals surface area (Å²) in [7, 11) is 0. The zero-order valence-corrected chi connectivity index (χ0v) is 8.01. The Bertz CT molecular complexity index is 446. The molecule has 0 aromatic heterocycles. The molecule has 1 aliphatic rings. The summed E-state index contributed by atoms with van der Waals surface area (Å²) < 4.78 is 5.02. The van der Waals surface area contributed by atoms with Crippen LogP contribution in [0.2, 0.25) is 0 Å². The van der Waals surface area contributed by atoms with Crippen LogP contribution >= 0.6 is 0 Å².